The third-order valence-corrected chi connectivity index (χ3v) is 4.22. The Balaban J connectivity index is 1.60. The zero-order valence-electron chi connectivity index (χ0n) is 11.7. The number of aromatic carboxylic acids is 1. The van der Waals surface area contributed by atoms with Crippen molar-refractivity contribution in [1.29, 1.82) is 0 Å². The van der Waals surface area contributed by atoms with E-state index in [4.69, 9.17) is 5.11 Å². The molecule has 112 valence electrons. The van der Waals surface area contributed by atoms with Crippen LogP contribution in [-0.2, 0) is 13.1 Å². The SMILES string of the molecule is O=C(O)c1ccc(CNCc2cn[nH]c2-c2cccs2)cc1. The second-order valence-electron chi connectivity index (χ2n) is 4.85. The molecule has 2 heterocycles. The summed E-state index contributed by atoms with van der Waals surface area (Å²) in [5.74, 6) is -0.904. The van der Waals surface area contributed by atoms with Crippen LogP contribution in [0.2, 0.25) is 0 Å². The fourth-order valence-electron chi connectivity index (χ4n) is 2.19. The van der Waals surface area contributed by atoms with Crippen LogP contribution in [0.3, 0.4) is 0 Å². The second kappa shape index (κ2) is 6.55. The number of benzene rings is 1. The van der Waals surface area contributed by atoms with Crippen molar-refractivity contribution in [3.8, 4) is 10.6 Å². The van der Waals surface area contributed by atoms with Gasteiger partial charge in [0.2, 0.25) is 0 Å². The normalized spacial score (nSPS) is 10.7. The van der Waals surface area contributed by atoms with Crippen molar-refractivity contribution < 1.29 is 9.90 Å². The van der Waals surface area contributed by atoms with Crippen LogP contribution >= 0.6 is 11.3 Å². The summed E-state index contributed by atoms with van der Waals surface area (Å²) in [7, 11) is 0. The summed E-state index contributed by atoms with van der Waals surface area (Å²) in [5, 5.41) is 21.4. The van der Waals surface area contributed by atoms with Gasteiger partial charge in [-0.2, -0.15) is 5.10 Å². The Bertz CT molecular complexity index is 748. The number of H-pyrrole nitrogens is 1. The van der Waals surface area contributed by atoms with Crippen molar-refractivity contribution in [3.05, 3.63) is 64.7 Å². The van der Waals surface area contributed by atoms with Crippen molar-refractivity contribution in [2.24, 2.45) is 0 Å². The predicted molar refractivity (Wildman–Crippen MR) is 85.8 cm³/mol. The average Bonchev–Trinajstić information content (AvgIpc) is 3.18. The van der Waals surface area contributed by atoms with E-state index in [1.54, 1.807) is 23.5 Å². The first-order valence-electron chi connectivity index (χ1n) is 6.83. The van der Waals surface area contributed by atoms with Crippen molar-refractivity contribution in [1.82, 2.24) is 15.5 Å². The standard InChI is InChI=1S/C16H15N3O2S/c20-16(21)12-5-3-11(4-6-12)8-17-9-13-10-18-19-15(13)14-2-1-7-22-14/h1-7,10,17H,8-9H2,(H,18,19)(H,20,21). The van der Waals surface area contributed by atoms with Gasteiger partial charge in [0.25, 0.3) is 0 Å². The highest BCUT2D eigenvalue weighted by molar-refractivity contribution is 7.13. The maximum absolute atomic E-state index is 10.8. The molecule has 1 aromatic carbocycles. The predicted octanol–water partition coefficient (Wildman–Crippen LogP) is 3.13. The van der Waals surface area contributed by atoms with E-state index in [2.05, 4.69) is 21.6 Å². The molecule has 0 bridgehead atoms. The molecule has 3 aromatic rings. The number of nitrogens with zero attached hydrogens (tertiary/aromatic N) is 1. The van der Waals surface area contributed by atoms with Crippen LogP contribution in [0.5, 0.6) is 0 Å². The number of rotatable bonds is 6. The largest absolute Gasteiger partial charge is 0.478 e. The van der Waals surface area contributed by atoms with Gasteiger partial charge in [-0.3, -0.25) is 5.10 Å². The number of hydrogen-bond donors (Lipinski definition) is 3. The first-order valence-corrected chi connectivity index (χ1v) is 7.71. The van der Waals surface area contributed by atoms with Crippen LogP contribution in [0.25, 0.3) is 10.6 Å². The highest BCUT2D eigenvalue weighted by Crippen LogP contribution is 2.25. The molecule has 6 heteroatoms. The fourth-order valence-corrected chi connectivity index (χ4v) is 2.94. The van der Waals surface area contributed by atoms with Crippen LogP contribution < -0.4 is 5.32 Å². The summed E-state index contributed by atoms with van der Waals surface area (Å²) in [6.45, 7) is 1.37. The number of thiophene rings is 1. The second-order valence-corrected chi connectivity index (χ2v) is 5.80. The molecule has 0 saturated carbocycles. The first-order chi connectivity index (χ1) is 10.7. The molecule has 0 amide bonds. The molecule has 0 unspecified atom stereocenters. The lowest BCUT2D eigenvalue weighted by Gasteiger charge is -2.05. The van der Waals surface area contributed by atoms with Gasteiger partial charge in [-0.05, 0) is 29.1 Å². The van der Waals surface area contributed by atoms with Gasteiger partial charge in [-0.25, -0.2) is 4.79 Å². The monoisotopic (exact) mass is 313 g/mol. The lowest BCUT2D eigenvalue weighted by Crippen LogP contribution is -2.13. The van der Waals surface area contributed by atoms with Crippen molar-refractivity contribution >= 4 is 17.3 Å². The van der Waals surface area contributed by atoms with Gasteiger partial charge in [0.1, 0.15) is 0 Å². The van der Waals surface area contributed by atoms with E-state index < -0.39 is 5.97 Å². The number of carboxylic acid groups (broad SMARTS) is 1. The van der Waals surface area contributed by atoms with Gasteiger partial charge in [0.05, 0.1) is 22.3 Å². The molecule has 0 atom stereocenters. The van der Waals surface area contributed by atoms with E-state index in [1.165, 1.54) is 4.88 Å². The average molecular weight is 313 g/mol. The highest BCUT2D eigenvalue weighted by Gasteiger charge is 2.08. The molecule has 0 aliphatic carbocycles. The Morgan fingerprint density at radius 2 is 2.05 bits per heavy atom. The van der Waals surface area contributed by atoms with Gasteiger partial charge >= 0.3 is 5.97 Å². The van der Waals surface area contributed by atoms with Crippen LogP contribution in [0, 0.1) is 0 Å². The molecular weight excluding hydrogens is 298 g/mol. The van der Waals surface area contributed by atoms with Crippen molar-refractivity contribution in [2.75, 3.05) is 0 Å². The zero-order valence-corrected chi connectivity index (χ0v) is 12.6. The maximum Gasteiger partial charge on any atom is 0.335 e. The molecule has 0 radical (unpaired) electrons. The number of aromatic nitrogens is 2. The Kier molecular flexibility index (Phi) is 4.32. The molecule has 0 aliphatic rings. The van der Waals surface area contributed by atoms with Crippen molar-refractivity contribution in [3.63, 3.8) is 0 Å². The summed E-state index contributed by atoms with van der Waals surface area (Å²) in [4.78, 5) is 12.0. The maximum atomic E-state index is 10.8. The van der Waals surface area contributed by atoms with Gasteiger partial charge in [-0.15, -0.1) is 11.3 Å². The zero-order chi connectivity index (χ0) is 15.4. The Hall–Kier alpha value is -2.44. The quantitative estimate of drug-likeness (QED) is 0.653. The van der Waals surface area contributed by atoms with Crippen LogP contribution in [0.15, 0.2) is 48.0 Å². The Morgan fingerprint density at radius 1 is 1.23 bits per heavy atom. The summed E-state index contributed by atoms with van der Waals surface area (Å²) in [6, 6.07) is 11.0. The van der Waals surface area contributed by atoms with E-state index in [1.807, 2.05) is 29.8 Å². The Morgan fingerprint density at radius 3 is 2.73 bits per heavy atom. The molecule has 3 rings (SSSR count). The topological polar surface area (TPSA) is 78.0 Å². The molecule has 0 saturated heterocycles. The summed E-state index contributed by atoms with van der Waals surface area (Å²) in [6.07, 6.45) is 1.83. The molecule has 0 spiro atoms. The summed E-state index contributed by atoms with van der Waals surface area (Å²) >= 11 is 1.67. The van der Waals surface area contributed by atoms with E-state index in [0.717, 1.165) is 16.8 Å². The lowest BCUT2D eigenvalue weighted by atomic mass is 10.1. The molecule has 3 N–H and O–H groups in total. The minimum absolute atomic E-state index is 0.304. The van der Waals surface area contributed by atoms with Crippen LogP contribution in [-0.4, -0.2) is 21.3 Å². The number of aromatic amines is 1. The lowest BCUT2D eigenvalue weighted by molar-refractivity contribution is 0.0697. The highest BCUT2D eigenvalue weighted by atomic mass is 32.1. The summed E-state index contributed by atoms with van der Waals surface area (Å²) in [5.41, 5.74) is 3.51. The molecular formula is C16H15N3O2S. The number of carbonyl (C=O) groups is 1. The third kappa shape index (κ3) is 3.24. The van der Waals surface area contributed by atoms with Gasteiger partial charge in [0.15, 0.2) is 0 Å². The van der Waals surface area contributed by atoms with E-state index in [-0.39, 0.29) is 0 Å². The van der Waals surface area contributed by atoms with Gasteiger partial charge in [0, 0.05) is 18.7 Å². The van der Waals surface area contributed by atoms with Crippen LogP contribution in [0.1, 0.15) is 21.5 Å². The molecule has 2 aromatic heterocycles. The Labute approximate surface area is 131 Å². The van der Waals surface area contributed by atoms with E-state index >= 15 is 0 Å². The smallest absolute Gasteiger partial charge is 0.335 e. The van der Waals surface area contributed by atoms with Gasteiger partial charge in [-0.1, -0.05) is 18.2 Å². The van der Waals surface area contributed by atoms with E-state index in [9.17, 15) is 4.79 Å². The fraction of sp³-hybridized carbons (Fsp3) is 0.125. The molecule has 22 heavy (non-hydrogen) atoms. The molecule has 0 fully saturated rings. The molecule has 0 aliphatic heterocycles. The molecule has 5 nitrogen and oxygen atoms in total. The minimum Gasteiger partial charge on any atom is -0.478 e. The number of nitrogens with one attached hydrogen (secondary N) is 2. The van der Waals surface area contributed by atoms with E-state index in [0.29, 0.717) is 18.7 Å². The van der Waals surface area contributed by atoms with Crippen molar-refractivity contribution in [2.45, 2.75) is 13.1 Å². The van der Waals surface area contributed by atoms with Gasteiger partial charge < -0.3 is 10.4 Å². The third-order valence-electron chi connectivity index (χ3n) is 3.33. The number of carboxylic acids is 1. The summed E-state index contributed by atoms with van der Waals surface area (Å²) < 4.78 is 0. The van der Waals surface area contributed by atoms with Crippen LogP contribution in [0.4, 0.5) is 0 Å². The number of hydrogen-bond acceptors (Lipinski definition) is 4. The minimum atomic E-state index is -0.904. The first kappa shape index (κ1) is 14.5.